The molecule has 3 rings (SSSR count). The van der Waals surface area contributed by atoms with Gasteiger partial charge >= 0.3 is 0 Å². The molecular formula is C24H39N5O3. The Morgan fingerprint density at radius 1 is 1.31 bits per heavy atom. The molecule has 1 aromatic carbocycles. The molecule has 2 aliphatic rings. The van der Waals surface area contributed by atoms with Crippen LogP contribution in [-0.2, 0) is 27.4 Å². The highest BCUT2D eigenvalue weighted by Crippen LogP contribution is 2.19. The average molecular weight is 446 g/mol. The Bertz CT molecular complexity index is 736. The van der Waals surface area contributed by atoms with E-state index in [-0.39, 0.29) is 17.9 Å². The lowest BCUT2D eigenvalue weighted by molar-refractivity contribution is -0.123. The Morgan fingerprint density at radius 3 is 2.97 bits per heavy atom. The van der Waals surface area contributed by atoms with Gasteiger partial charge in [0.1, 0.15) is 0 Å². The largest absolute Gasteiger partial charge is 0.379 e. The first-order valence-electron chi connectivity index (χ1n) is 11.9. The van der Waals surface area contributed by atoms with Crippen molar-refractivity contribution in [1.29, 1.82) is 0 Å². The summed E-state index contributed by atoms with van der Waals surface area (Å²) >= 11 is 0. The number of carbonyl (C=O) groups excluding carboxylic acids is 1. The molecule has 1 amide bonds. The van der Waals surface area contributed by atoms with Gasteiger partial charge in [-0.25, -0.2) is 4.99 Å². The van der Waals surface area contributed by atoms with Gasteiger partial charge < -0.3 is 25.8 Å². The van der Waals surface area contributed by atoms with E-state index >= 15 is 0 Å². The lowest BCUT2D eigenvalue weighted by atomic mass is 9.97. The number of rotatable bonds is 11. The third-order valence-corrected chi connectivity index (χ3v) is 5.92. The van der Waals surface area contributed by atoms with Gasteiger partial charge in [-0.15, -0.1) is 0 Å². The third-order valence-electron chi connectivity index (χ3n) is 5.92. The molecule has 1 aromatic rings. The van der Waals surface area contributed by atoms with Crippen molar-refractivity contribution in [2.75, 3.05) is 46.0 Å². The number of piperidine rings is 1. The molecule has 0 radical (unpaired) electrons. The summed E-state index contributed by atoms with van der Waals surface area (Å²) < 4.78 is 11.1. The molecule has 8 heteroatoms. The van der Waals surface area contributed by atoms with Crippen molar-refractivity contribution in [3.63, 3.8) is 0 Å². The summed E-state index contributed by atoms with van der Waals surface area (Å²) in [6.07, 6.45) is 4.12. The first-order valence-corrected chi connectivity index (χ1v) is 11.9. The van der Waals surface area contributed by atoms with E-state index in [1.165, 1.54) is 11.1 Å². The Kier molecular flexibility index (Phi) is 10.3. The van der Waals surface area contributed by atoms with Gasteiger partial charge in [0.25, 0.3) is 0 Å². The minimum Gasteiger partial charge on any atom is -0.379 e. The van der Waals surface area contributed by atoms with E-state index in [1.807, 2.05) is 0 Å². The molecule has 0 bridgehead atoms. The van der Waals surface area contributed by atoms with Crippen molar-refractivity contribution >= 4 is 11.9 Å². The second kappa shape index (κ2) is 13.4. The van der Waals surface area contributed by atoms with Crippen LogP contribution in [0.4, 0.5) is 0 Å². The molecule has 0 spiro atoms. The lowest BCUT2D eigenvalue weighted by Crippen LogP contribution is -2.40. The van der Waals surface area contributed by atoms with Gasteiger partial charge in [0.05, 0.1) is 25.2 Å². The van der Waals surface area contributed by atoms with Gasteiger partial charge in [0, 0.05) is 39.4 Å². The van der Waals surface area contributed by atoms with Crippen LogP contribution in [-0.4, -0.2) is 68.9 Å². The van der Waals surface area contributed by atoms with Crippen molar-refractivity contribution in [3.8, 4) is 0 Å². The number of likely N-dealkylation sites (tertiary alicyclic amines) is 1. The summed E-state index contributed by atoms with van der Waals surface area (Å²) in [7, 11) is 0. The van der Waals surface area contributed by atoms with E-state index in [0.29, 0.717) is 6.54 Å². The molecule has 0 aromatic heterocycles. The fourth-order valence-corrected chi connectivity index (χ4v) is 4.20. The number of nitrogens with one attached hydrogen (secondary N) is 2. The van der Waals surface area contributed by atoms with Crippen LogP contribution in [0.1, 0.15) is 43.7 Å². The fraction of sp³-hybridized carbons (Fsp3) is 0.667. The lowest BCUT2D eigenvalue weighted by Gasteiger charge is -2.31. The molecule has 178 valence electrons. The Morgan fingerprint density at radius 2 is 2.19 bits per heavy atom. The number of primary amides is 1. The number of carbonyl (C=O) groups is 1. The molecule has 2 fully saturated rings. The molecule has 8 nitrogen and oxygen atoms in total. The number of ether oxygens (including phenoxy) is 2. The highest BCUT2D eigenvalue weighted by atomic mass is 16.5. The number of amides is 1. The zero-order valence-corrected chi connectivity index (χ0v) is 19.4. The molecule has 2 saturated heterocycles. The van der Waals surface area contributed by atoms with Gasteiger partial charge in [-0.05, 0) is 50.3 Å². The van der Waals surface area contributed by atoms with Crippen LogP contribution in [0.15, 0.2) is 29.3 Å². The normalized spacial score (nSPS) is 22.1. The number of aliphatic imine (C=N–C) groups is 1. The molecule has 2 atom stereocenters. The number of hydrogen-bond donors (Lipinski definition) is 3. The predicted octanol–water partition coefficient (Wildman–Crippen LogP) is 1.63. The van der Waals surface area contributed by atoms with Crippen molar-refractivity contribution < 1.29 is 14.3 Å². The monoisotopic (exact) mass is 445 g/mol. The molecule has 4 N–H and O–H groups in total. The minimum absolute atomic E-state index is 0.0258. The van der Waals surface area contributed by atoms with Gasteiger partial charge in [-0.1, -0.05) is 24.3 Å². The molecule has 0 saturated carbocycles. The Balaban J connectivity index is 1.44. The van der Waals surface area contributed by atoms with Gasteiger partial charge in [-0.3, -0.25) is 9.69 Å². The highest BCUT2D eigenvalue weighted by molar-refractivity contribution is 5.79. The van der Waals surface area contributed by atoms with Crippen molar-refractivity contribution in [2.24, 2.45) is 16.6 Å². The second-order valence-corrected chi connectivity index (χ2v) is 8.63. The summed E-state index contributed by atoms with van der Waals surface area (Å²) in [6.45, 7) is 9.19. The van der Waals surface area contributed by atoms with Crippen LogP contribution in [0.5, 0.6) is 0 Å². The first kappa shape index (κ1) is 24.5. The van der Waals surface area contributed by atoms with E-state index in [1.54, 1.807) is 0 Å². The molecule has 2 heterocycles. The van der Waals surface area contributed by atoms with Crippen LogP contribution in [0.3, 0.4) is 0 Å². The van der Waals surface area contributed by atoms with Crippen LogP contribution >= 0.6 is 0 Å². The molecule has 2 aliphatic heterocycles. The predicted molar refractivity (Wildman–Crippen MR) is 126 cm³/mol. The molecule has 32 heavy (non-hydrogen) atoms. The fourth-order valence-electron chi connectivity index (χ4n) is 4.20. The number of nitrogens with two attached hydrogens (primary N) is 1. The second-order valence-electron chi connectivity index (χ2n) is 8.63. The Hall–Kier alpha value is -2.16. The van der Waals surface area contributed by atoms with Crippen LogP contribution in [0.2, 0.25) is 0 Å². The van der Waals surface area contributed by atoms with Gasteiger partial charge in [-0.2, -0.15) is 0 Å². The van der Waals surface area contributed by atoms with Crippen molar-refractivity contribution in [2.45, 2.75) is 51.8 Å². The summed E-state index contributed by atoms with van der Waals surface area (Å²) in [6, 6.07) is 8.54. The summed E-state index contributed by atoms with van der Waals surface area (Å²) in [4.78, 5) is 18.6. The summed E-state index contributed by atoms with van der Waals surface area (Å²) in [5, 5.41) is 6.69. The maximum Gasteiger partial charge on any atom is 0.221 e. The maximum absolute atomic E-state index is 11.5. The average Bonchev–Trinajstić information content (AvgIpc) is 3.31. The van der Waals surface area contributed by atoms with Crippen LogP contribution in [0, 0.1) is 5.92 Å². The number of benzene rings is 1. The number of guanidine groups is 1. The minimum atomic E-state index is -0.180. The number of hydrogen-bond acceptors (Lipinski definition) is 5. The highest BCUT2D eigenvalue weighted by Gasteiger charge is 2.23. The van der Waals surface area contributed by atoms with E-state index < -0.39 is 0 Å². The van der Waals surface area contributed by atoms with E-state index in [0.717, 1.165) is 84.2 Å². The molecular weight excluding hydrogens is 406 g/mol. The van der Waals surface area contributed by atoms with Gasteiger partial charge in [0.15, 0.2) is 5.96 Å². The molecule has 2 unspecified atom stereocenters. The quantitative estimate of drug-likeness (QED) is 0.272. The topological polar surface area (TPSA) is 101 Å². The smallest absolute Gasteiger partial charge is 0.221 e. The van der Waals surface area contributed by atoms with E-state index in [2.05, 4.69) is 46.7 Å². The van der Waals surface area contributed by atoms with Crippen molar-refractivity contribution in [1.82, 2.24) is 15.5 Å². The van der Waals surface area contributed by atoms with Crippen LogP contribution < -0.4 is 16.4 Å². The van der Waals surface area contributed by atoms with E-state index in [4.69, 9.17) is 20.2 Å². The van der Waals surface area contributed by atoms with Crippen molar-refractivity contribution in [3.05, 3.63) is 35.4 Å². The SMILES string of the molecule is CCNC(=NCc1cccc(CN2CCCC(C(N)=O)C2)c1)NCCCOC1CCOC1. The van der Waals surface area contributed by atoms with E-state index in [9.17, 15) is 4.79 Å². The first-order chi connectivity index (χ1) is 15.6. The number of nitrogens with zero attached hydrogens (tertiary/aromatic N) is 2. The maximum atomic E-state index is 11.5. The standard InChI is InChI=1S/C24H39N5O3/c1-2-26-24(27-10-5-12-32-22-9-13-31-18-22)28-15-19-6-3-7-20(14-19)16-29-11-4-8-21(17-29)23(25)30/h3,6-7,14,21-22H,2,4-5,8-13,15-18H2,1H3,(H2,25,30)(H2,26,27,28). The third kappa shape index (κ3) is 8.41. The zero-order chi connectivity index (χ0) is 22.6. The van der Waals surface area contributed by atoms with Crippen LogP contribution in [0.25, 0.3) is 0 Å². The van der Waals surface area contributed by atoms with Gasteiger partial charge in [0.2, 0.25) is 5.91 Å². The summed E-state index contributed by atoms with van der Waals surface area (Å²) in [5.74, 6) is 0.616. The zero-order valence-electron chi connectivity index (χ0n) is 19.4. The summed E-state index contributed by atoms with van der Waals surface area (Å²) in [5.41, 5.74) is 7.93. The Labute approximate surface area is 191 Å². The molecule has 0 aliphatic carbocycles.